The highest BCUT2D eigenvalue weighted by molar-refractivity contribution is 5.97. The summed E-state index contributed by atoms with van der Waals surface area (Å²) in [6, 6.07) is 15.1. The molecule has 0 spiro atoms. The highest BCUT2D eigenvalue weighted by atomic mass is 16.5. The van der Waals surface area contributed by atoms with Crippen molar-refractivity contribution in [3.8, 4) is 0 Å². The van der Waals surface area contributed by atoms with Crippen molar-refractivity contribution in [1.29, 1.82) is 0 Å². The van der Waals surface area contributed by atoms with Gasteiger partial charge in [-0.1, -0.05) is 65.2 Å². The van der Waals surface area contributed by atoms with Crippen molar-refractivity contribution in [2.75, 3.05) is 18.5 Å². The van der Waals surface area contributed by atoms with Crippen LogP contribution in [0.2, 0.25) is 0 Å². The van der Waals surface area contributed by atoms with Gasteiger partial charge in [0.15, 0.2) is 0 Å². The molecule has 3 aromatic rings. The standard InChI is InChI=1S/C31H41N3O4/c1-30(2,17-22-6-5-7-22)20-38-21-31(3,4)18-28(35)32-26-12-8-23(9-13-26)19-34-15-14-24-10-11-25(16-27(24)34)29(36)33-37/h8-16,22,37H,5-7,17-21H2,1-4H3,(H,32,35)(H,33,36). The highest BCUT2D eigenvalue weighted by Gasteiger charge is 2.29. The normalized spacial score (nSPS) is 14.3. The van der Waals surface area contributed by atoms with E-state index >= 15 is 0 Å². The monoisotopic (exact) mass is 519 g/mol. The number of nitrogens with zero attached hydrogens (tertiary/aromatic N) is 1. The van der Waals surface area contributed by atoms with Gasteiger partial charge in [0.05, 0.1) is 13.2 Å². The fraction of sp³-hybridized carbons (Fsp3) is 0.484. The quantitative estimate of drug-likeness (QED) is 0.191. The van der Waals surface area contributed by atoms with Crippen molar-refractivity contribution >= 4 is 28.4 Å². The van der Waals surface area contributed by atoms with Gasteiger partial charge in [0, 0.05) is 35.9 Å². The maximum Gasteiger partial charge on any atom is 0.274 e. The minimum Gasteiger partial charge on any atom is -0.380 e. The Morgan fingerprint density at radius 1 is 1.00 bits per heavy atom. The summed E-state index contributed by atoms with van der Waals surface area (Å²) in [5, 5.41) is 13.0. The lowest BCUT2D eigenvalue weighted by atomic mass is 9.74. The second-order valence-electron chi connectivity index (χ2n) is 12.4. The Kier molecular flexibility index (Phi) is 8.58. The number of ether oxygens (including phenoxy) is 1. The van der Waals surface area contributed by atoms with Crippen molar-refractivity contribution in [1.82, 2.24) is 10.0 Å². The van der Waals surface area contributed by atoms with E-state index in [4.69, 9.17) is 9.94 Å². The third kappa shape index (κ3) is 7.45. The van der Waals surface area contributed by atoms with E-state index in [9.17, 15) is 9.59 Å². The fourth-order valence-electron chi connectivity index (χ4n) is 5.25. The molecule has 0 bridgehead atoms. The fourth-order valence-corrected chi connectivity index (χ4v) is 5.25. The number of benzene rings is 2. The average Bonchev–Trinajstić information content (AvgIpc) is 3.23. The summed E-state index contributed by atoms with van der Waals surface area (Å²) >= 11 is 0. The first-order valence-electron chi connectivity index (χ1n) is 13.5. The number of carbonyl (C=O) groups excluding carboxylic acids is 2. The molecule has 1 aromatic heterocycles. The van der Waals surface area contributed by atoms with Crippen molar-refractivity contribution in [3.05, 3.63) is 65.9 Å². The second kappa shape index (κ2) is 11.7. The van der Waals surface area contributed by atoms with Gasteiger partial charge in [0.25, 0.3) is 5.91 Å². The zero-order chi connectivity index (χ0) is 27.3. The smallest absolute Gasteiger partial charge is 0.274 e. The van der Waals surface area contributed by atoms with E-state index in [0.717, 1.165) is 34.7 Å². The molecule has 2 amide bonds. The Morgan fingerprint density at radius 2 is 1.71 bits per heavy atom. The zero-order valence-electron chi connectivity index (χ0n) is 23.0. The van der Waals surface area contributed by atoms with Gasteiger partial charge < -0.3 is 14.6 Å². The van der Waals surface area contributed by atoms with Crippen molar-refractivity contribution in [2.24, 2.45) is 16.7 Å². The minimum atomic E-state index is -0.540. The van der Waals surface area contributed by atoms with Gasteiger partial charge in [-0.3, -0.25) is 14.8 Å². The van der Waals surface area contributed by atoms with E-state index < -0.39 is 5.91 Å². The van der Waals surface area contributed by atoms with Gasteiger partial charge in [-0.15, -0.1) is 0 Å². The molecule has 38 heavy (non-hydrogen) atoms. The molecule has 7 heteroatoms. The first kappa shape index (κ1) is 27.9. The number of carbonyl (C=O) groups is 2. The van der Waals surface area contributed by atoms with Crippen LogP contribution in [0.15, 0.2) is 54.7 Å². The zero-order valence-corrected chi connectivity index (χ0v) is 23.0. The summed E-state index contributed by atoms with van der Waals surface area (Å²) in [5.74, 6) is 0.294. The highest BCUT2D eigenvalue weighted by Crippen LogP contribution is 2.37. The van der Waals surface area contributed by atoms with E-state index in [0.29, 0.717) is 25.1 Å². The molecule has 4 rings (SSSR count). The third-order valence-electron chi connectivity index (χ3n) is 7.42. The van der Waals surface area contributed by atoms with E-state index in [1.807, 2.05) is 47.2 Å². The lowest BCUT2D eigenvalue weighted by Gasteiger charge is -2.35. The largest absolute Gasteiger partial charge is 0.380 e. The number of rotatable bonds is 12. The molecule has 2 aromatic carbocycles. The maximum absolute atomic E-state index is 12.8. The molecule has 1 heterocycles. The van der Waals surface area contributed by atoms with Gasteiger partial charge in [0.2, 0.25) is 5.91 Å². The van der Waals surface area contributed by atoms with Crippen LogP contribution >= 0.6 is 0 Å². The van der Waals surface area contributed by atoms with Gasteiger partial charge >= 0.3 is 0 Å². The predicted molar refractivity (Wildman–Crippen MR) is 150 cm³/mol. The Balaban J connectivity index is 1.27. The van der Waals surface area contributed by atoms with Crippen molar-refractivity contribution in [3.63, 3.8) is 0 Å². The van der Waals surface area contributed by atoms with E-state index in [-0.39, 0.29) is 16.7 Å². The number of nitrogens with one attached hydrogen (secondary N) is 2. The Labute approximate surface area is 225 Å². The second-order valence-corrected chi connectivity index (χ2v) is 12.4. The molecule has 3 N–H and O–H groups in total. The molecule has 1 fully saturated rings. The lowest BCUT2D eigenvalue weighted by Crippen LogP contribution is -2.30. The molecule has 0 unspecified atom stereocenters. The Bertz CT molecular complexity index is 1260. The number of fused-ring (bicyclic) bond motifs is 1. The number of anilines is 1. The van der Waals surface area contributed by atoms with Gasteiger partial charge in [-0.25, -0.2) is 5.48 Å². The van der Waals surface area contributed by atoms with Gasteiger partial charge in [-0.2, -0.15) is 0 Å². The molecule has 1 aliphatic rings. The van der Waals surface area contributed by atoms with Crippen LogP contribution in [0.5, 0.6) is 0 Å². The van der Waals surface area contributed by atoms with E-state index in [1.54, 1.807) is 17.6 Å². The summed E-state index contributed by atoms with van der Waals surface area (Å²) in [4.78, 5) is 24.5. The van der Waals surface area contributed by atoms with Crippen LogP contribution in [0, 0.1) is 16.7 Å². The number of amides is 2. The van der Waals surface area contributed by atoms with Crippen LogP contribution in [-0.4, -0.2) is 34.8 Å². The van der Waals surface area contributed by atoms with E-state index in [1.165, 1.54) is 25.7 Å². The van der Waals surface area contributed by atoms with Gasteiger partial charge in [0.1, 0.15) is 0 Å². The van der Waals surface area contributed by atoms with Crippen molar-refractivity contribution in [2.45, 2.75) is 66.3 Å². The summed E-state index contributed by atoms with van der Waals surface area (Å²) in [6.45, 7) is 10.6. The SMILES string of the molecule is CC(C)(COCC(C)(C)CC1CCC1)CC(=O)Nc1ccc(Cn2ccc3ccc(C(=O)NO)cc32)cc1. The third-order valence-corrected chi connectivity index (χ3v) is 7.42. The van der Waals surface area contributed by atoms with Gasteiger partial charge in [-0.05, 0) is 64.5 Å². The summed E-state index contributed by atoms with van der Waals surface area (Å²) < 4.78 is 8.14. The number of hydrogen-bond donors (Lipinski definition) is 3. The maximum atomic E-state index is 12.8. The molecule has 1 aliphatic carbocycles. The summed E-state index contributed by atoms with van der Waals surface area (Å²) in [6.07, 6.45) is 7.64. The topological polar surface area (TPSA) is 92.6 Å². The molecule has 0 saturated heterocycles. The van der Waals surface area contributed by atoms with Crippen LogP contribution in [-0.2, 0) is 16.1 Å². The summed E-state index contributed by atoms with van der Waals surface area (Å²) in [7, 11) is 0. The molecule has 0 radical (unpaired) electrons. The first-order chi connectivity index (χ1) is 18.0. The molecular formula is C31H41N3O4. The molecule has 1 saturated carbocycles. The molecule has 204 valence electrons. The van der Waals surface area contributed by atoms with Crippen LogP contribution in [0.4, 0.5) is 5.69 Å². The first-order valence-corrected chi connectivity index (χ1v) is 13.5. The average molecular weight is 520 g/mol. The van der Waals surface area contributed by atoms with Crippen LogP contribution in [0.3, 0.4) is 0 Å². The molecular weight excluding hydrogens is 478 g/mol. The van der Waals surface area contributed by atoms with Crippen molar-refractivity contribution < 1.29 is 19.5 Å². The molecule has 7 nitrogen and oxygen atoms in total. The lowest BCUT2D eigenvalue weighted by molar-refractivity contribution is -0.119. The molecule has 0 aliphatic heterocycles. The minimum absolute atomic E-state index is 0.0221. The predicted octanol–water partition coefficient (Wildman–Crippen LogP) is 6.40. The summed E-state index contributed by atoms with van der Waals surface area (Å²) in [5.41, 5.74) is 4.72. The Hall–Kier alpha value is -3.16. The number of aromatic nitrogens is 1. The van der Waals surface area contributed by atoms with E-state index in [2.05, 4.69) is 33.0 Å². The molecule has 0 atom stereocenters. The Morgan fingerprint density at radius 3 is 2.37 bits per heavy atom. The van der Waals surface area contributed by atoms with Crippen LogP contribution in [0.25, 0.3) is 10.9 Å². The number of hydrogen-bond acceptors (Lipinski definition) is 4. The van der Waals surface area contributed by atoms with Crippen LogP contribution in [0.1, 0.15) is 75.7 Å². The number of hydroxylamine groups is 1. The van der Waals surface area contributed by atoms with Crippen LogP contribution < -0.4 is 10.8 Å².